The molecule has 1 heterocycles. The third kappa shape index (κ3) is 2.08. The third-order valence-electron chi connectivity index (χ3n) is 4.85. The highest BCUT2D eigenvalue weighted by atomic mass is 16.5. The van der Waals surface area contributed by atoms with Crippen LogP contribution in [0.15, 0.2) is 18.2 Å². The molecule has 3 atom stereocenters. The van der Waals surface area contributed by atoms with E-state index in [4.69, 9.17) is 9.47 Å². The van der Waals surface area contributed by atoms with Crippen LogP contribution in [0.5, 0.6) is 5.75 Å². The van der Waals surface area contributed by atoms with Gasteiger partial charge in [-0.1, -0.05) is 19.9 Å². The van der Waals surface area contributed by atoms with Gasteiger partial charge in [-0.3, -0.25) is 0 Å². The molecule has 20 heavy (non-hydrogen) atoms. The Morgan fingerprint density at radius 3 is 2.95 bits per heavy atom. The molecular formula is C17H25NO2. The van der Waals surface area contributed by atoms with Crippen LogP contribution >= 0.6 is 0 Å². The van der Waals surface area contributed by atoms with Crippen LogP contribution in [0.3, 0.4) is 0 Å². The number of rotatable bonds is 4. The van der Waals surface area contributed by atoms with Crippen LogP contribution in [0.4, 0.5) is 5.69 Å². The van der Waals surface area contributed by atoms with Gasteiger partial charge < -0.3 is 14.8 Å². The minimum atomic E-state index is 0.190. The van der Waals surface area contributed by atoms with Crippen molar-refractivity contribution in [2.75, 3.05) is 18.5 Å². The molecule has 2 fully saturated rings. The predicted octanol–water partition coefficient (Wildman–Crippen LogP) is 3.62. The standard InChI is InChI=1S/C17H25NO2/c1-5-19-14-10-11(2)6-7-13(14)18-15-12-8-9-20-16(12)17(15,3)4/h6-7,10,12,15-16,18H,5,8-9H2,1-4H3. The Morgan fingerprint density at radius 1 is 1.40 bits per heavy atom. The number of anilines is 1. The van der Waals surface area contributed by atoms with Crippen LogP contribution in [-0.2, 0) is 4.74 Å². The summed E-state index contributed by atoms with van der Waals surface area (Å²) < 4.78 is 11.6. The first kappa shape index (κ1) is 13.7. The van der Waals surface area contributed by atoms with E-state index in [1.54, 1.807) is 0 Å². The van der Waals surface area contributed by atoms with Gasteiger partial charge in [-0.05, 0) is 38.0 Å². The number of fused-ring (bicyclic) bond motifs is 1. The van der Waals surface area contributed by atoms with Crippen LogP contribution in [-0.4, -0.2) is 25.4 Å². The van der Waals surface area contributed by atoms with Gasteiger partial charge in [0.2, 0.25) is 0 Å². The van der Waals surface area contributed by atoms with Crippen molar-refractivity contribution < 1.29 is 9.47 Å². The second-order valence-corrected chi connectivity index (χ2v) is 6.62. The SMILES string of the molecule is CCOc1cc(C)ccc1NC1C2CCOC2C1(C)C. The van der Waals surface area contributed by atoms with E-state index in [0.717, 1.165) is 18.0 Å². The van der Waals surface area contributed by atoms with Crippen molar-refractivity contribution in [1.29, 1.82) is 0 Å². The molecule has 1 N–H and O–H groups in total. The molecular weight excluding hydrogens is 250 g/mol. The highest BCUT2D eigenvalue weighted by molar-refractivity contribution is 5.59. The highest BCUT2D eigenvalue weighted by Gasteiger charge is 2.59. The molecule has 0 radical (unpaired) electrons. The molecule has 0 bridgehead atoms. The second kappa shape index (κ2) is 4.96. The molecule has 3 nitrogen and oxygen atoms in total. The van der Waals surface area contributed by atoms with Crippen molar-refractivity contribution in [3.63, 3.8) is 0 Å². The van der Waals surface area contributed by atoms with Gasteiger partial charge in [0.05, 0.1) is 18.4 Å². The Kier molecular flexibility index (Phi) is 3.41. The summed E-state index contributed by atoms with van der Waals surface area (Å²) in [7, 11) is 0. The topological polar surface area (TPSA) is 30.5 Å². The van der Waals surface area contributed by atoms with Crippen molar-refractivity contribution in [1.82, 2.24) is 0 Å². The number of ether oxygens (including phenoxy) is 2. The van der Waals surface area contributed by atoms with Gasteiger partial charge in [0.25, 0.3) is 0 Å². The molecule has 1 aromatic carbocycles. The van der Waals surface area contributed by atoms with Crippen LogP contribution in [0.25, 0.3) is 0 Å². The van der Waals surface area contributed by atoms with Crippen molar-refractivity contribution >= 4 is 5.69 Å². The maximum Gasteiger partial charge on any atom is 0.142 e. The predicted molar refractivity (Wildman–Crippen MR) is 81.4 cm³/mol. The number of aryl methyl sites for hydroxylation is 1. The Balaban J connectivity index is 1.81. The van der Waals surface area contributed by atoms with Gasteiger partial charge >= 0.3 is 0 Å². The van der Waals surface area contributed by atoms with Crippen LogP contribution in [0.2, 0.25) is 0 Å². The van der Waals surface area contributed by atoms with Gasteiger partial charge in [0.1, 0.15) is 5.75 Å². The zero-order valence-electron chi connectivity index (χ0n) is 12.9. The maximum absolute atomic E-state index is 5.86. The lowest BCUT2D eigenvalue weighted by atomic mass is 9.57. The fourth-order valence-electron chi connectivity index (χ4n) is 3.81. The quantitative estimate of drug-likeness (QED) is 0.910. The Hall–Kier alpha value is -1.22. The number of benzene rings is 1. The molecule has 0 amide bonds. The van der Waals surface area contributed by atoms with Crippen molar-refractivity contribution in [2.45, 2.75) is 46.3 Å². The molecule has 1 aliphatic carbocycles. The van der Waals surface area contributed by atoms with E-state index in [1.165, 1.54) is 12.0 Å². The summed E-state index contributed by atoms with van der Waals surface area (Å²) in [6, 6.07) is 6.86. The van der Waals surface area contributed by atoms with E-state index >= 15 is 0 Å². The zero-order valence-corrected chi connectivity index (χ0v) is 12.9. The molecule has 1 aliphatic heterocycles. The summed E-state index contributed by atoms with van der Waals surface area (Å²) in [5.41, 5.74) is 2.53. The molecule has 0 aromatic heterocycles. The summed E-state index contributed by atoms with van der Waals surface area (Å²) in [5, 5.41) is 3.72. The first-order chi connectivity index (χ1) is 9.54. The van der Waals surface area contributed by atoms with E-state index in [2.05, 4.69) is 44.3 Å². The molecule has 110 valence electrons. The lowest BCUT2D eigenvalue weighted by Crippen LogP contribution is -2.63. The molecule has 3 heteroatoms. The van der Waals surface area contributed by atoms with Crippen LogP contribution < -0.4 is 10.1 Å². The zero-order chi connectivity index (χ0) is 14.3. The van der Waals surface area contributed by atoms with Gasteiger partial charge in [-0.25, -0.2) is 0 Å². The molecule has 1 saturated carbocycles. The fourth-order valence-corrected chi connectivity index (χ4v) is 3.81. The molecule has 2 aliphatic rings. The van der Waals surface area contributed by atoms with Crippen LogP contribution in [0, 0.1) is 18.3 Å². The molecule has 1 aromatic rings. The van der Waals surface area contributed by atoms with Gasteiger partial charge in [-0.2, -0.15) is 0 Å². The fraction of sp³-hybridized carbons (Fsp3) is 0.647. The molecule has 1 saturated heterocycles. The van der Waals surface area contributed by atoms with Crippen molar-refractivity contribution in [3.8, 4) is 5.75 Å². The third-order valence-corrected chi connectivity index (χ3v) is 4.85. The summed E-state index contributed by atoms with van der Waals surface area (Å²) in [6.07, 6.45) is 1.59. The summed E-state index contributed by atoms with van der Waals surface area (Å²) >= 11 is 0. The summed E-state index contributed by atoms with van der Waals surface area (Å²) in [6.45, 7) is 10.3. The maximum atomic E-state index is 5.86. The Labute approximate surface area is 121 Å². The number of hydrogen-bond donors (Lipinski definition) is 1. The molecule has 3 rings (SSSR count). The average Bonchev–Trinajstić information content (AvgIpc) is 2.85. The smallest absolute Gasteiger partial charge is 0.142 e. The minimum absolute atomic E-state index is 0.190. The minimum Gasteiger partial charge on any atom is -0.492 e. The second-order valence-electron chi connectivity index (χ2n) is 6.62. The Morgan fingerprint density at radius 2 is 2.20 bits per heavy atom. The molecule has 0 spiro atoms. The largest absolute Gasteiger partial charge is 0.492 e. The Bertz CT molecular complexity index is 498. The number of nitrogens with one attached hydrogen (secondary N) is 1. The van der Waals surface area contributed by atoms with Crippen LogP contribution in [0.1, 0.15) is 32.8 Å². The van der Waals surface area contributed by atoms with Crippen molar-refractivity contribution in [2.24, 2.45) is 11.3 Å². The van der Waals surface area contributed by atoms with Crippen molar-refractivity contribution in [3.05, 3.63) is 23.8 Å². The van der Waals surface area contributed by atoms with E-state index in [9.17, 15) is 0 Å². The average molecular weight is 275 g/mol. The number of hydrogen-bond acceptors (Lipinski definition) is 3. The first-order valence-corrected chi connectivity index (χ1v) is 7.65. The summed E-state index contributed by atoms with van der Waals surface area (Å²) in [5.74, 6) is 1.60. The lowest BCUT2D eigenvalue weighted by Gasteiger charge is -2.55. The van der Waals surface area contributed by atoms with E-state index in [0.29, 0.717) is 24.7 Å². The van der Waals surface area contributed by atoms with E-state index in [-0.39, 0.29) is 5.41 Å². The van der Waals surface area contributed by atoms with Gasteiger partial charge in [0.15, 0.2) is 0 Å². The lowest BCUT2D eigenvalue weighted by molar-refractivity contribution is -0.0923. The van der Waals surface area contributed by atoms with Gasteiger partial charge in [-0.15, -0.1) is 0 Å². The van der Waals surface area contributed by atoms with E-state index < -0.39 is 0 Å². The molecule has 3 unspecified atom stereocenters. The monoisotopic (exact) mass is 275 g/mol. The normalized spacial score (nSPS) is 30.5. The summed E-state index contributed by atoms with van der Waals surface area (Å²) in [4.78, 5) is 0. The highest BCUT2D eigenvalue weighted by Crippen LogP contribution is 2.53. The first-order valence-electron chi connectivity index (χ1n) is 7.65. The van der Waals surface area contributed by atoms with E-state index in [1.807, 2.05) is 6.92 Å². The van der Waals surface area contributed by atoms with Gasteiger partial charge in [0, 0.05) is 24.0 Å².